The third-order valence-electron chi connectivity index (χ3n) is 5.90. The van der Waals surface area contributed by atoms with E-state index in [1.54, 1.807) is 7.11 Å². The first-order valence-electron chi connectivity index (χ1n) is 9.93. The molecule has 0 N–H and O–H groups in total. The van der Waals surface area contributed by atoms with E-state index >= 15 is 0 Å². The Kier molecular flexibility index (Phi) is 4.49. The van der Waals surface area contributed by atoms with Gasteiger partial charge in [-0.05, 0) is 42.4 Å². The van der Waals surface area contributed by atoms with Gasteiger partial charge >= 0.3 is 0 Å². The third-order valence-corrected chi connectivity index (χ3v) is 5.90. The van der Waals surface area contributed by atoms with Gasteiger partial charge in [-0.25, -0.2) is 0 Å². The summed E-state index contributed by atoms with van der Waals surface area (Å²) in [6.45, 7) is 5.45. The van der Waals surface area contributed by atoms with Gasteiger partial charge in [0.1, 0.15) is 5.76 Å². The molecule has 3 aromatic rings. The van der Waals surface area contributed by atoms with Crippen molar-refractivity contribution in [2.75, 3.05) is 51.9 Å². The van der Waals surface area contributed by atoms with E-state index in [2.05, 4.69) is 47.2 Å². The molecule has 0 saturated carbocycles. The molecule has 5 rings (SSSR count). The molecule has 0 amide bonds. The molecule has 0 radical (unpaired) electrons. The Hall–Kier alpha value is -2.50. The average Bonchev–Trinajstić information content (AvgIpc) is 3.17. The van der Waals surface area contributed by atoms with Crippen molar-refractivity contribution in [2.45, 2.75) is 12.5 Å². The Balaban J connectivity index is 1.53. The Labute approximate surface area is 165 Å². The van der Waals surface area contributed by atoms with E-state index < -0.39 is 0 Å². The zero-order valence-electron chi connectivity index (χ0n) is 16.5. The van der Waals surface area contributed by atoms with Crippen molar-refractivity contribution in [2.24, 2.45) is 0 Å². The maximum absolute atomic E-state index is 6.30. The fraction of sp³-hybridized carbons (Fsp3) is 0.391. The minimum atomic E-state index is 0.226. The van der Waals surface area contributed by atoms with Crippen LogP contribution >= 0.6 is 0 Å². The van der Waals surface area contributed by atoms with E-state index in [-0.39, 0.29) is 5.92 Å². The quantitative estimate of drug-likeness (QED) is 0.692. The first kappa shape index (κ1) is 17.6. The highest BCUT2D eigenvalue weighted by atomic mass is 16.5. The predicted molar refractivity (Wildman–Crippen MR) is 110 cm³/mol. The van der Waals surface area contributed by atoms with E-state index in [4.69, 9.17) is 13.9 Å². The van der Waals surface area contributed by atoms with E-state index in [0.717, 1.165) is 61.9 Å². The lowest BCUT2D eigenvalue weighted by molar-refractivity contribution is 0.122. The number of benzene rings is 2. The molecule has 28 heavy (non-hydrogen) atoms. The number of rotatable bonds is 3. The van der Waals surface area contributed by atoms with Crippen molar-refractivity contribution in [3.05, 3.63) is 59.4 Å². The molecule has 1 fully saturated rings. The summed E-state index contributed by atoms with van der Waals surface area (Å²) in [6, 6.07) is 15.1. The Morgan fingerprint density at radius 1 is 1.07 bits per heavy atom. The molecule has 2 aliphatic rings. The lowest BCUT2D eigenvalue weighted by Crippen LogP contribution is -2.36. The number of anilines is 1. The summed E-state index contributed by atoms with van der Waals surface area (Å²) in [4.78, 5) is 4.79. The van der Waals surface area contributed by atoms with Crippen LogP contribution in [0.25, 0.3) is 11.0 Å². The van der Waals surface area contributed by atoms with Crippen molar-refractivity contribution in [3.8, 4) is 5.75 Å². The molecule has 146 valence electrons. The number of fused-ring (bicyclic) bond motifs is 2. The normalized spacial score (nSPS) is 20.4. The summed E-state index contributed by atoms with van der Waals surface area (Å²) in [7, 11) is 3.87. The van der Waals surface area contributed by atoms with Crippen LogP contribution in [0.15, 0.2) is 46.9 Å². The topological polar surface area (TPSA) is 38.1 Å². The Morgan fingerprint density at radius 2 is 1.93 bits per heavy atom. The molecule has 1 atom stereocenters. The predicted octanol–water partition coefficient (Wildman–Crippen LogP) is 3.86. The summed E-state index contributed by atoms with van der Waals surface area (Å²) in [5, 5.41) is 1.09. The molecule has 1 unspecified atom stereocenters. The highest BCUT2D eigenvalue weighted by Crippen LogP contribution is 2.39. The van der Waals surface area contributed by atoms with E-state index in [0.29, 0.717) is 0 Å². The van der Waals surface area contributed by atoms with Gasteiger partial charge in [-0.15, -0.1) is 0 Å². The summed E-state index contributed by atoms with van der Waals surface area (Å²) in [5.41, 5.74) is 4.88. The van der Waals surface area contributed by atoms with E-state index in [1.807, 2.05) is 12.1 Å². The minimum absolute atomic E-state index is 0.226. The lowest BCUT2D eigenvalue weighted by atomic mass is 9.87. The molecule has 0 bridgehead atoms. The van der Waals surface area contributed by atoms with Crippen molar-refractivity contribution in [1.82, 2.24) is 4.90 Å². The first-order chi connectivity index (χ1) is 13.7. The van der Waals surface area contributed by atoms with Crippen LogP contribution in [0.3, 0.4) is 0 Å². The summed E-state index contributed by atoms with van der Waals surface area (Å²) < 4.78 is 17.3. The van der Waals surface area contributed by atoms with Gasteiger partial charge in [0.2, 0.25) is 0 Å². The van der Waals surface area contributed by atoms with Crippen LogP contribution in [-0.2, 0) is 11.3 Å². The largest absolute Gasteiger partial charge is 0.493 e. The number of para-hydroxylation sites is 1. The number of hydrogen-bond donors (Lipinski definition) is 0. The number of likely N-dealkylation sites (N-methyl/N-ethyl adjacent to an activating group) is 1. The zero-order valence-corrected chi connectivity index (χ0v) is 16.5. The molecule has 1 aromatic heterocycles. The fourth-order valence-corrected chi connectivity index (χ4v) is 4.48. The summed E-state index contributed by atoms with van der Waals surface area (Å²) in [5.74, 6) is 2.02. The summed E-state index contributed by atoms with van der Waals surface area (Å²) >= 11 is 0. The number of furan rings is 1. The molecule has 0 spiro atoms. The highest BCUT2D eigenvalue weighted by Gasteiger charge is 2.28. The van der Waals surface area contributed by atoms with Crippen molar-refractivity contribution < 1.29 is 13.9 Å². The Bertz CT molecular complexity index is 991. The first-order valence-corrected chi connectivity index (χ1v) is 9.93. The summed E-state index contributed by atoms with van der Waals surface area (Å²) in [6.07, 6.45) is 0. The molecular weight excluding hydrogens is 352 g/mol. The van der Waals surface area contributed by atoms with Crippen LogP contribution in [0.4, 0.5) is 5.69 Å². The van der Waals surface area contributed by atoms with Crippen LogP contribution < -0.4 is 9.64 Å². The van der Waals surface area contributed by atoms with Crippen LogP contribution in [-0.4, -0.2) is 51.9 Å². The maximum Gasteiger partial charge on any atom is 0.176 e. The van der Waals surface area contributed by atoms with Crippen LogP contribution in [0.2, 0.25) is 0 Å². The van der Waals surface area contributed by atoms with Crippen molar-refractivity contribution in [3.63, 3.8) is 0 Å². The molecule has 5 nitrogen and oxygen atoms in total. The standard InChI is InChI=1S/C23H26N2O3/c1-24-14-17-12-18(25-8-10-27-11-9-25)6-7-19(17)20(15-24)22-13-16-4-3-5-21(26-2)23(16)28-22/h3-7,12-13,20H,8-11,14-15H2,1-2H3. The zero-order chi connectivity index (χ0) is 19.1. The molecule has 0 aliphatic carbocycles. The highest BCUT2D eigenvalue weighted by molar-refractivity contribution is 5.84. The molecular formula is C23H26N2O3. The van der Waals surface area contributed by atoms with E-state index in [9.17, 15) is 0 Å². The molecule has 1 saturated heterocycles. The van der Waals surface area contributed by atoms with Gasteiger partial charge in [0, 0.05) is 37.3 Å². The average molecular weight is 378 g/mol. The van der Waals surface area contributed by atoms with Gasteiger partial charge in [0.05, 0.1) is 26.2 Å². The fourth-order valence-electron chi connectivity index (χ4n) is 4.48. The number of morpholine rings is 1. The molecule has 2 aromatic carbocycles. The van der Waals surface area contributed by atoms with Gasteiger partial charge in [0.15, 0.2) is 11.3 Å². The molecule has 2 aliphatic heterocycles. The van der Waals surface area contributed by atoms with Gasteiger partial charge in [0.25, 0.3) is 0 Å². The van der Waals surface area contributed by atoms with Crippen LogP contribution in [0, 0.1) is 0 Å². The number of ether oxygens (including phenoxy) is 2. The third kappa shape index (κ3) is 3.05. The Morgan fingerprint density at radius 3 is 2.75 bits per heavy atom. The second-order valence-electron chi connectivity index (χ2n) is 7.76. The second-order valence-corrected chi connectivity index (χ2v) is 7.76. The molecule has 5 heteroatoms. The minimum Gasteiger partial charge on any atom is -0.493 e. The van der Waals surface area contributed by atoms with Crippen LogP contribution in [0.5, 0.6) is 5.75 Å². The van der Waals surface area contributed by atoms with Gasteiger partial charge in [-0.1, -0.05) is 18.2 Å². The van der Waals surface area contributed by atoms with Gasteiger partial charge in [-0.3, -0.25) is 0 Å². The van der Waals surface area contributed by atoms with Crippen LogP contribution in [0.1, 0.15) is 22.8 Å². The van der Waals surface area contributed by atoms with Crippen molar-refractivity contribution >= 4 is 16.7 Å². The monoisotopic (exact) mass is 378 g/mol. The van der Waals surface area contributed by atoms with Gasteiger partial charge in [-0.2, -0.15) is 0 Å². The van der Waals surface area contributed by atoms with Gasteiger partial charge < -0.3 is 23.7 Å². The van der Waals surface area contributed by atoms with E-state index in [1.165, 1.54) is 16.8 Å². The lowest BCUT2D eigenvalue weighted by Gasteiger charge is -2.34. The molecule has 3 heterocycles. The number of nitrogens with zero attached hydrogens (tertiary/aromatic N) is 2. The maximum atomic E-state index is 6.30. The SMILES string of the molecule is COc1cccc2cc(C3CN(C)Cc4cc(N5CCOCC5)ccc43)oc12. The number of methoxy groups -OCH3 is 1. The second kappa shape index (κ2) is 7.15. The van der Waals surface area contributed by atoms with Crippen molar-refractivity contribution in [1.29, 1.82) is 0 Å². The smallest absolute Gasteiger partial charge is 0.176 e. The number of hydrogen-bond acceptors (Lipinski definition) is 5.